The van der Waals surface area contributed by atoms with Gasteiger partial charge in [0.25, 0.3) is 0 Å². The zero-order valence-corrected chi connectivity index (χ0v) is 19.7. The number of hydrogen-bond donors (Lipinski definition) is 1. The molecule has 0 radical (unpaired) electrons. The lowest BCUT2D eigenvalue weighted by Gasteiger charge is -2.30. The molecule has 1 N–H and O–H groups in total. The van der Waals surface area contributed by atoms with Gasteiger partial charge in [-0.05, 0) is 68.4 Å². The number of aromatic nitrogens is 3. The number of anilines is 1. The van der Waals surface area contributed by atoms with Crippen molar-refractivity contribution in [3.8, 4) is 5.75 Å². The van der Waals surface area contributed by atoms with E-state index in [1.165, 1.54) is 18.3 Å². The van der Waals surface area contributed by atoms with E-state index >= 15 is 0 Å². The van der Waals surface area contributed by atoms with Crippen molar-refractivity contribution in [2.75, 3.05) is 5.32 Å². The fraction of sp³-hybridized carbons (Fsp3) is 0.370. The normalized spacial score (nSPS) is 18.2. The number of benzene rings is 2. The van der Waals surface area contributed by atoms with E-state index in [2.05, 4.69) is 34.5 Å². The molecule has 176 valence electrons. The predicted octanol–water partition coefficient (Wildman–Crippen LogP) is 5.33. The first-order chi connectivity index (χ1) is 16.6. The summed E-state index contributed by atoms with van der Waals surface area (Å²) in [5, 5.41) is 7.61. The lowest BCUT2D eigenvalue weighted by molar-refractivity contribution is -0.146. The van der Waals surface area contributed by atoms with Gasteiger partial charge in [-0.3, -0.25) is 0 Å². The average Bonchev–Trinajstić information content (AvgIpc) is 3.32. The van der Waals surface area contributed by atoms with Crippen LogP contribution in [0.5, 0.6) is 5.75 Å². The Kier molecular flexibility index (Phi) is 6.34. The number of aryl methyl sites for hydroxylation is 1. The minimum Gasteiger partial charge on any atom is -0.489 e. The van der Waals surface area contributed by atoms with Gasteiger partial charge in [0.2, 0.25) is 5.95 Å². The van der Waals surface area contributed by atoms with E-state index in [4.69, 9.17) is 9.47 Å². The SMILES string of the molecule is CC1=C(C(=O)OC2CCCCC2)C(c2ccc(OCc3ccccc3C)cc2)n2ncnc2N1. The van der Waals surface area contributed by atoms with E-state index in [0.717, 1.165) is 48.3 Å². The van der Waals surface area contributed by atoms with Crippen LogP contribution in [0.25, 0.3) is 0 Å². The molecule has 34 heavy (non-hydrogen) atoms. The Morgan fingerprint density at radius 1 is 1.06 bits per heavy atom. The molecule has 7 heteroatoms. The molecule has 1 atom stereocenters. The third-order valence-corrected chi connectivity index (χ3v) is 6.69. The quantitative estimate of drug-likeness (QED) is 0.503. The van der Waals surface area contributed by atoms with Crippen LogP contribution in [-0.4, -0.2) is 26.8 Å². The number of fused-ring (bicyclic) bond motifs is 1. The van der Waals surface area contributed by atoms with Crippen molar-refractivity contribution in [3.63, 3.8) is 0 Å². The van der Waals surface area contributed by atoms with Crippen molar-refractivity contribution in [1.29, 1.82) is 0 Å². The van der Waals surface area contributed by atoms with Gasteiger partial charge in [-0.1, -0.05) is 42.8 Å². The second kappa shape index (κ2) is 9.71. The van der Waals surface area contributed by atoms with Crippen LogP contribution in [0.15, 0.2) is 66.1 Å². The number of ether oxygens (including phenoxy) is 2. The van der Waals surface area contributed by atoms with Gasteiger partial charge in [-0.15, -0.1) is 0 Å². The van der Waals surface area contributed by atoms with Gasteiger partial charge >= 0.3 is 5.97 Å². The summed E-state index contributed by atoms with van der Waals surface area (Å²) in [4.78, 5) is 17.7. The molecule has 1 fully saturated rings. The molecule has 2 heterocycles. The summed E-state index contributed by atoms with van der Waals surface area (Å²) in [6, 6.07) is 15.6. The number of rotatable bonds is 6. The number of allylic oxidation sites excluding steroid dienone is 1. The van der Waals surface area contributed by atoms with Crippen molar-refractivity contribution >= 4 is 11.9 Å². The predicted molar refractivity (Wildman–Crippen MR) is 129 cm³/mol. The third-order valence-electron chi connectivity index (χ3n) is 6.69. The highest BCUT2D eigenvalue weighted by atomic mass is 16.5. The first-order valence-corrected chi connectivity index (χ1v) is 12.0. The number of esters is 1. The van der Waals surface area contributed by atoms with Gasteiger partial charge in [0.1, 0.15) is 30.8 Å². The molecule has 1 aliphatic heterocycles. The first kappa shape index (κ1) is 22.2. The molecule has 7 nitrogen and oxygen atoms in total. The number of nitrogens with one attached hydrogen (secondary N) is 1. The van der Waals surface area contributed by atoms with E-state index in [1.54, 1.807) is 4.68 Å². The standard InChI is InChI=1S/C27H30N4O3/c1-18-8-6-7-9-21(18)16-33-22-14-12-20(13-15-22)25-24(19(2)30-27-28-17-29-31(25)27)26(32)34-23-10-4-3-5-11-23/h6-9,12-15,17,23,25H,3-5,10-11,16H2,1-2H3,(H,28,29,30). The van der Waals surface area contributed by atoms with Gasteiger partial charge in [0, 0.05) is 5.70 Å². The summed E-state index contributed by atoms with van der Waals surface area (Å²) < 4.78 is 13.7. The smallest absolute Gasteiger partial charge is 0.338 e. The van der Waals surface area contributed by atoms with Crippen LogP contribution in [0.1, 0.15) is 61.8 Å². The topological polar surface area (TPSA) is 78.3 Å². The van der Waals surface area contributed by atoms with Crippen LogP contribution >= 0.6 is 0 Å². The molecule has 3 aromatic rings. The molecular weight excluding hydrogens is 428 g/mol. The number of hydrogen-bond acceptors (Lipinski definition) is 6. The maximum absolute atomic E-state index is 13.3. The van der Waals surface area contributed by atoms with Crippen molar-refractivity contribution in [1.82, 2.24) is 14.8 Å². The Bertz CT molecular complexity index is 1190. The Morgan fingerprint density at radius 2 is 1.82 bits per heavy atom. The summed E-state index contributed by atoms with van der Waals surface area (Å²) in [6.07, 6.45) is 6.76. The Hall–Kier alpha value is -3.61. The van der Waals surface area contributed by atoms with E-state index in [-0.39, 0.29) is 12.1 Å². The molecule has 2 aliphatic rings. The zero-order valence-electron chi connectivity index (χ0n) is 19.7. The van der Waals surface area contributed by atoms with Crippen LogP contribution in [0.3, 0.4) is 0 Å². The molecule has 1 aliphatic carbocycles. The second-order valence-electron chi connectivity index (χ2n) is 9.04. The molecule has 1 unspecified atom stereocenters. The first-order valence-electron chi connectivity index (χ1n) is 12.0. The van der Waals surface area contributed by atoms with Crippen LogP contribution in [-0.2, 0) is 16.1 Å². The summed E-state index contributed by atoms with van der Waals surface area (Å²) in [5.74, 6) is 1.09. The van der Waals surface area contributed by atoms with Gasteiger partial charge in [0.05, 0.1) is 5.57 Å². The number of carbonyl (C=O) groups is 1. The van der Waals surface area contributed by atoms with Crippen LogP contribution in [0, 0.1) is 6.92 Å². The molecule has 1 saturated carbocycles. The Labute approximate surface area is 199 Å². The minimum atomic E-state index is -0.416. The van der Waals surface area contributed by atoms with Crippen molar-refractivity contribution in [2.45, 2.75) is 64.7 Å². The Morgan fingerprint density at radius 3 is 2.59 bits per heavy atom. The number of carbonyl (C=O) groups excluding carboxylic acids is 1. The van der Waals surface area contributed by atoms with Gasteiger partial charge in [0.15, 0.2) is 0 Å². The summed E-state index contributed by atoms with van der Waals surface area (Å²) in [7, 11) is 0. The third kappa shape index (κ3) is 4.55. The molecule has 0 bridgehead atoms. The fourth-order valence-electron chi connectivity index (χ4n) is 4.74. The lowest BCUT2D eigenvalue weighted by atomic mass is 9.95. The van der Waals surface area contributed by atoms with Crippen LogP contribution < -0.4 is 10.1 Å². The molecule has 2 aromatic carbocycles. The van der Waals surface area contributed by atoms with Crippen LogP contribution in [0.2, 0.25) is 0 Å². The monoisotopic (exact) mass is 458 g/mol. The summed E-state index contributed by atoms with van der Waals surface area (Å²) in [6.45, 7) is 4.48. The lowest BCUT2D eigenvalue weighted by Crippen LogP contribution is -2.32. The fourth-order valence-corrected chi connectivity index (χ4v) is 4.74. The highest BCUT2D eigenvalue weighted by Gasteiger charge is 2.35. The van der Waals surface area contributed by atoms with Crippen molar-refractivity contribution < 1.29 is 14.3 Å². The number of nitrogens with zero attached hydrogens (tertiary/aromatic N) is 3. The average molecular weight is 459 g/mol. The van der Waals surface area contributed by atoms with E-state index in [9.17, 15) is 4.79 Å². The molecular formula is C27H30N4O3. The molecule has 5 rings (SSSR count). The van der Waals surface area contributed by atoms with Crippen LogP contribution in [0.4, 0.5) is 5.95 Å². The van der Waals surface area contributed by atoms with E-state index in [0.29, 0.717) is 18.1 Å². The van der Waals surface area contributed by atoms with E-state index < -0.39 is 6.04 Å². The van der Waals surface area contributed by atoms with E-state index in [1.807, 2.05) is 43.3 Å². The molecule has 0 amide bonds. The summed E-state index contributed by atoms with van der Waals surface area (Å²) >= 11 is 0. The highest BCUT2D eigenvalue weighted by molar-refractivity contribution is 5.92. The molecule has 0 spiro atoms. The molecule has 0 saturated heterocycles. The Balaban J connectivity index is 1.38. The summed E-state index contributed by atoms with van der Waals surface area (Å²) in [5.41, 5.74) is 4.59. The van der Waals surface area contributed by atoms with Crippen molar-refractivity contribution in [3.05, 3.63) is 82.8 Å². The highest BCUT2D eigenvalue weighted by Crippen LogP contribution is 2.36. The van der Waals surface area contributed by atoms with Gasteiger partial charge in [-0.25, -0.2) is 9.48 Å². The van der Waals surface area contributed by atoms with Crippen molar-refractivity contribution in [2.24, 2.45) is 0 Å². The molecule has 1 aromatic heterocycles. The second-order valence-corrected chi connectivity index (χ2v) is 9.04. The maximum atomic E-state index is 13.3. The van der Waals surface area contributed by atoms with Gasteiger partial charge < -0.3 is 14.8 Å². The zero-order chi connectivity index (χ0) is 23.5. The minimum absolute atomic E-state index is 0.0171. The largest absolute Gasteiger partial charge is 0.489 e. The maximum Gasteiger partial charge on any atom is 0.338 e. The van der Waals surface area contributed by atoms with Gasteiger partial charge in [-0.2, -0.15) is 10.1 Å².